The molecule has 4 rings (SSSR count). The highest BCUT2D eigenvalue weighted by Crippen LogP contribution is 2.35. The first kappa shape index (κ1) is 25.0. The lowest BCUT2D eigenvalue weighted by Crippen LogP contribution is -2.13. The number of halogens is 1. The number of nitrogens with one attached hydrogen (secondary N) is 1. The number of benzene rings is 4. The maximum absolute atomic E-state index is 12.7. The molecule has 0 bridgehead atoms. The Labute approximate surface area is 219 Å². The minimum Gasteiger partial charge on any atom is -0.490 e. The maximum atomic E-state index is 12.7. The predicted octanol–water partition coefficient (Wildman–Crippen LogP) is 7.43. The van der Waals surface area contributed by atoms with Crippen LogP contribution in [0.3, 0.4) is 0 Å². The summed E-state index contributed by atoms with van der Waals surface area (Å²) in [5, 5.41) is 14.7. The van der Waals surface area contributed by atoms with Crippen LogP contribution in [-0.4, -0.2) is 12.5 Å². The van der Waals surface area contributed by atoms with Crippen LogP contribution in [0.5, 0.6) is 11.5 Å². The average Bonchev–Trinajstić information content (AvgIpc) is 2.87. The molecule has 0 aliphatic heterocycles. The van der Waals surface area contributed by atoms with Crippen LogP contribution in [0.2, 0.25) is 0 Å². The summed E-state index contributed by atoms with van der Waals surface area (Å²) in [4.78, 5) is 12.7. The number of amides is 1. The van der Waals surface area contributed by atoms with Crippen molar-refractivity contribution in [2.75, 3.05) is 11.9 Å². The molecule has 0 atom stereocenters. The molecule has 0 aliphatic rings. The molecule has 0 aliphatic carbocycles. The number of anilines is 1. The minimum absolute atomic E-state index is 0.0236. The van der Waals surface area contributed by atoms with Gasteiger partial charge in [0.25, 0.3) is 5.91 Å². The summed E-state index contributed by atoms with van der Waals surface area (Å²) in [6.45, 7) is 4.64. The van der Waals surface area contributed by atoms with E-state index in [9.17, 15) is 10.1 Å². The van der Waals surface area contributed by atoms with Gasteiger partial charge in [-0.25, -0.2) is 0 Å². The summed E-state index contributed by atoms with van der Waals surface area (Å²) in [6.07, 6.45) is 1.53. The highest BCUT2D eigenvalue weighted by molar-refractivity contribution is 9.10. The molecule has 1 amide bonds. The SMILES string of the molecule is CCOc1cc(/C=C(\C#N)C(=O)Nc2cccc(C)c2)c(Br)cc1OCc1ccc2ccccc2c1. The number of aryl methyl sites for hydroxylation is 1. The molecule has 6 heteroatoms. The number of fused-ring (bicyclic) bond motifs is 1. The second-order valence-corrected chi connectivity index (χ2v) is 9.07. The second kappa shape index (κ2) is 11.6. The number of hydrogen-bond acceptors (Lipinski definition) is 4. The van der Waals surface area contributed by atoms with Gasteiger partial charge in [-0.2, -0.15) is 5.26 Å². The Kier molecular flexibility index (Phi) is 8.04. The van der Waals surface area contributed by atoms with Crippen molar-refractivity contribution < 1.29 is 14.3 Å². The van der Waals surface area contributed by atoms with E-state index in [0.29, 0.717) is 40.4 Å². The molecule has 4 aromatic carbocycles. The Morgan fingerprint density at radius 1 is 0.972 bits per heavy atom. The normalized spacial score (nSPS) is 11.1. The van der Waals surface area contributed by atoms with Crippen molar-refractivity contribution in [1.82, 2.24) is 0 Å². The lowest BCUT2D eigenvalue weighted by molar-refractivity contribution is -0.112. The Morgan fingerprint density at radius 3 is 2.50 bits per heavy atom. The smallest absolute Gasteiger partial charge is 0.266 e. The molecule has 0 unspecified atom stereocenters. The molecule has 1 N–H and O–H groups in total. The lowest BCUT2D eigenvalue weighted by atomic mass is 10.1. The van der Waals surface area contributed by atoms with E-state index in [-0.39, 0.29) is 5.57 Å². The average molecular weight is 541 g/mol. The van der Waals surface area contributed by atoms with Gasteiger partial charge in [0.2, 0.25) is 0 Å². The minimum atomic E-state index is -0.482. The number of ether oxygens (including phenoxy) is 2. The summed E-state index contributed by atoms with van der Waals surface area (Å²) in [5.41, 5.74) is 3.29. The van der Waals surface area contributed by atoms with Gasteiger partial charge in [-0.1, -0.05) is 64.5 Å². The quantitative estimate of drug-likeness (QED) is 0.186. The van der Waals surface area contributed by atoms with Crippen LogP contribution in [0.4, 0.5) is 5.69 Å². The van der Waals surface area contributed by atoms with Crippen molar-refractivity contribution in [3.8, 4) is 17.6 Å². The molecule has 0 heterocycles. The molecule has 180 valence electrons. The van der Waals surface area contributed by atoms with Gasteiger partial charge in [0.05, 0.1) is 6.61 Å². The van der Waals surface area contributed by atoms with E-state index in [4.69, 9.17) is 9.47 Å². The molecular formula is C30H25BrN2O3. The third kappa shape index (κ3) is 6.12. The molecule has 0 spiro atoms. The van der Waals surface area contributed by atoms with Gasteiger partial charge in [0, 0.05) is 10.2 Å². The van der Waals surface area contributed by atoms with Crippen LogP contribution < -0.4 is 14.8 Å². The van der Waals surface area contributed by atoms with E-state index in [2.05, 4.69) is 45.5 Å². The second-order valence-electron chi connectivity index (χ2n) is 8.22. The number of hydrogen-bond donors (Lipinski definition) is 1. The molecule has 0 saturated carbocycles. The molecule has 0 fully saturated rings. The topological polar surface area (TPSA) is 71.3 Å². The van der Waals surface area contributed by atoms with Crippen molar-refractivity contribution in [2.45, 2.75) is 20.5 Å². The Hall–Kier alpha value is -4.08. The highest BCUT2D eigenvalue weighted by Gasteiger charge is 2.14. The number of nitriles is 1. The summed E-state index contributed by atoms with van der Waals surface area (Å²) in [7, 11) is 0. The third-order valence-electron chi connectivity index (χ3n) is 5.51. The predicted molar refractivity (Wildman–Crippen MR) is 147 cm³/mol. The number of carbonyl (C=O) groups is 1. The zero-order valence-electron chi connectivity index (χ0n) is 20.0. The highest BCUT2D eigenvalue weighted by atomic mass is 79.9. The van der Waals surface area contributed by atoms with E-state index in [1.807, 2.05) is 56.3 Å². The van der Waals surface area contributed by atoms with Gasteiger partial charge in [-0.3, -0.25) is 4.79 Å². The fourth-order valence-corrected chi connectivity index (χ4v) is 4.19. The Balaban J connectivity index is 1.56. The van der Waals surface area contributed by atoms with Gasteiger partial charge in [0.1, 0.15) is 18.2 Å². The van der Waals surface area contributed by atoms with Gasteiger partial charge in [0.15, 0.2) is 11.5 Å². The summed E-state index contributed by atoms with van der Waals surface area (Å²) < 4.78 is 12.6. The molecule has 0 radical (unpaired) electrons. The Bertz CT molecular complexity index is 1490. The van der Waals surface area contributed by atoms with Gasteiger partial charge in [-0.05, 0) is 77.7 Å². The van der Waals surface area contributed by atoms with E-state index >= 15 is 0 Å². The maximum Gasteiger partial charge on any atom is 0.266 e. The van der Waals surface area contributed by atoms with Crippen molar-refractivity contribution >= 4 is 44.4 Å². The molecular weight excluding hydrogens is 516 g/mol. The van der Waals surface area contributed by atoms with E-state index in [0.717, 1.165) is 16.5 Å². The van der Waals surface area contributed by atoms with Crippen LogP contribution in [-0.2, 0) is 11.4 Å². The van der Waals surface area contributed by atoms with Crippen molar-refractivity contribution in [3.63, 3.8) is 0 Å². The zero-order chi connectivity index (χ0) is 25.5. The standard InChI is InChI=1S/C30H25BrN2O3/c1-3-35-28-16-24(15-25(18-32)30(34)33-26-10-6-7-20(2)13-26)27(31)17-29(28)36-19-21-11-12-22-8-4-5-9-23(22)14-21/h4-17H,3,19H2,1-2H3,(H,33,34)/b25-15+. The van der Waals surface area contributed by atoms with Gasteiger partial charge < -0.3 is 14.8 Å². The van der Waals surface area contributed by atoms with Crippen LogP contribution in [0, 0.1) is 18.3 Å². The van der Waals surface area contributed by atoms with Crippen molar-refractivity contribution in [1.29, 1.82) is 5.26 Å². The molecule has 36 heavy (non-hydrogen) atoms. The first-order valence-electron chi connectivity index (χ1n) is 11.5. The summed E-state index contributed by atoms with van der Waals surface area (Å²) in [5.74, 6) is 0.616. The van der Waals surface area contributed by atoms with Crippen LogP contribution in [0.25, 0.3) is 16.8 Å². The largest absolute Gasteiger partial charge is 0.490 e. The summed E-state index contributed by atoms with van der Waals surface area (Å²) in [6, 6.07) is 27.4. The van der Waals surface area contributed by atoms with E-state index < -0.39 is 5.91 Å². The monoisotopic (exact) mass is 540 g/mol. The summed E-state index contributed by atoms with van der Waals surface area (Å²) >= 11 is 3.55. The number of carbonyl (C=O) groups excluding carboxylic acids is 1. The fourth-order valence-electron chi connectivity index (χ4n) is 3.76. The van der Waals surface area contributed by atoms with Crippen LogP contribution in [0.15, 0.2) is 88.9 Å². The third-order valence-corrected chi connectivity index (χ3v) is 6.20. The molecule has 0 saturated heterocycles. The first-order chi connectivity index (χ1) is 17.5. The fraction of sp³-hybridized carbons (Fsp3) is 0.133. The Morgan fingerprint density at radius 2 is 1.75 bits per heavy atom. The number of nitrogens with zero attached hydrogens (tertiary/aromatic N) is 1. The first-order valence-corrected chi connectivity index (χ1v) is 12.3. The van der Waals surface area contributed by atoms with Gasteiger partial charge >= 0.3 is 0 Å². The van der Waals surface area contributed by atoms with Crippen LogP contribution in [0.1, 0.15) is 23.6 Å². The molecule has 0 aromatic heterocycles. The van der Waals surface area contributed by atoms with Gasteiger partial charge in [-0.15, -0.1) is 0 Å². The van der Waals surface area contributed by atoms with E-state index in [1.165, 1.54) is 11.5 Å². The lowest BCUT2D eigenvalue weighted by Gasteiger charge is -2.14. The number of rotatable bonds is 8. The van der Waals surface area contributed by atoms with E-state index in [1.54, 1.807) is 18.2 Å². The van der Waals surface area contributed by atoms with Crippen molar-refractivity contribution in [2.24, 2.45) is 0 Å². The van der Waals surface area contributed by atoms with Crippen molar-refractivity contribution in [3.05, 3.63) is 106 Å². The molecule has 4 aromatic rings. The molecule has 5 nitrogen and oxygen atoms in total. The van der Waals surface area contributed by atoms with Crippen LogP contribution >= 0.6 is 15.9 Å². The zero-order valence-corrected chi connectivity index (χ0v) is 21.6.